The van der Waals surface area contributed by atoms with Crippen molar-refractivity contribution >= 4 is 35.1 Å². The zero-order chi connectivity index (χ0) is 12.7. The molecule has 0 saturated carbocycles. The van der Waals surface area contributed by atoms with Crippen molar-refractivity contribution in [1.29, 1.82) is 0 Å². The Morgan fingerprint density at radius 2 is 2.11 bits per heavy atom. The number of rotatable bonds is 1. The predicted octanol–water partition coefficient (Wildman–Crippen LogP) is 1.28. The molecule has 1 aromatic heterocycles. The fourth-order valence-electron chi connectivity index (χ4n) is 2.04. The van der Waals surface area contributed by atoms with Crippen LogP contribution in [0, 0.1) is 0 Å². The van der Waals surface area contributed by atoms with Crippen LogP contribution in [0.3, 0.4) is 0 Å². The Hall–Kier alpha value is -1.56. The van der Waals surface area contributed by atoms with Crippen LogP contribution in [0.2, 0.25) is 0 Å². The van der Waals surface area contributed by atoms with Crippen molar-refractivity contribution in [3.8, 4) is 0 Å². The summed E-state index contributed by atoms with van der Waals surface area (Å²) in [4.78, 5) is 31.8. The lowest BCUT2D eigenvalue weighted by Crippen LogP contribution is -2.43. The second kappa shape index (κ2) is 4.28. The van der Waals surface area contributed by atoms with E-state index in [1.54, 1.807) is 34.8 Å². The fraction of sp³-hybridized carbons (Fsp3) is 0.417. The fourth-order valence-corrected chi connectivity index (χ4v) is 3.06. The summed E-state index contributed by atoms with van der Waals surface area (Å²) in [5.41, 5.74) is 0.833. The van der Waals surface area contributed by atoms with Crippen molar-refractivity contribution in [2.45, 2.75) is 17.7 Å². The van der Waals surface area contributed by atoms with Crippen LogP contribution < -0.4 is 9.80 Å². The second-order valence-electron chi connectivity index (χ2n) is 4.36. The summed E-state index contributed by atoms with van der Waals surface area (Å²) in [6.07, 6.45) is 2.82. The number of aromatic nitrogens is 1. The van der Waals surface area contributed by atoms with Gasteiger partial charge in [-0.3, -0.25) is 14.5 Å². The van der Waals surface area contributed by atoms with Crippen molar-refractivity contribution in [2.75, 3.05) is 29.1 Å². The topological polar surface area (TPSA) is 53.5 Å². The zero-order valence-electron chi connectivity index (χ0n) is 10.0. The van der Waals surface area contributed by atoms with Crippen LogP contribution in [0.15, 0.2) is 17.2 Å². The van der Waals surface area contributed by atoms with Gasteiger partial charge in [-0.05, 0) is 6.07 Å². The number of amides is 2. The largest absolute Gasteiger partial charge is 0.313 e. The number of nitrogens with zero attached hydrogens (tertiary/aromatic N) is 3. The second-order valence-corrected chi connectivity index (χ2v) is 5.49. The first kappa shape index (κ1) is 11.5. The Morgan fingerprint density at radius 1 is 1.28 bits per heavy atom. The molecule has 0 aliphatic carbocycles. The minimum atomic E-state index is 0.107. The summed E-state index contributed by atoms with van der Waals surface area (Å²) < 4.78 is 0. The molecule has 18 heavy (non-hydrogen) atoms. The molecular formula is C12H13N3O2S. The summed E-state index contributed by atoms with van der Waals surface area (Å²) in [5.74, 6) is 1.69. The quantitative estimate of drug-likeness (QED) is 0.716. The van der Waals surface area contributed by atoms with E-state index in [4.69, 9.17) is 0 Å². The molecule has 0 bridgehead atoms. The van der Waals surface area contributed by atoms with Gasteiger partial charge in [0.1, 0.15) is 5.82 Å². The summed E-state index contributed by atoms with van der Waals surface area (Å²) in [5, 5.41) is 0. The number of fused-ring (bicyclic) bond motifs is 1. The van der Waals surface area contributed by atoms with Gasteiger partial charge in [0.25, 0.3) is 0 Å². The van der Waals surface area contributed by atoms with Crippen molar-refractivity contribution in [1.82, 2.24) is 4.98 Å². The summed E-state index contributed by atoms with van der Waals surface area (Å²) >= 11 is 1.64. The van der Waals surface area contributed by atoms with E-state index in [1.807, 2.05) is 6.07 Å². The minimum Gasteiger partial charge on any atom is -0.313 e. The highest BCUT2D eigenvalue weighted by molar-refractivity contribution is 7.99. The average Bonchev–Trinajstić information content (AvgIpc) is 2.48. The molecule has 94 valence electrons. The standard InChI is InChI=1S/C12H13N3O2S/c1-14-8-7-13-10(15-4-2-12(15)17)6-9(8)18-5-3-11(14)16/h6-7H,2-5H2,1H3. The van der Waals surface area contributed by atoms with Crippen molar-refractivity contribution in [3.63, 3.8) is 0 Å². The van der Waals surface area contributed by atoms with Crippen molar-refractivity contribution in [2.24, 2.45) is 0 Å². The molecule has 0 radical (unpaired) electrons. The number of hydrogen-bond donors (Lipinski definition) is 0. The highest BCUT2D eigenvalue weighted by Gasteiger charge is 2.28. The third-order valence-electron chi connectivity index (χ3n) is 3.27. The molecule has 0 spiro atoms. The highest BCUT2D eigenvalue weighted by atomic mass is 32.2. The molecule has 1 fully saturated rings. The predicted molar refractivity (Wildman–Crippen MR) is 70.0 cm³/mol. The van der Waals surface area contributed by atoms with Gasteiger partial charge >= 0.3 is 0 Å². The maximum absolute atomic E-state index is 11.7. The summed E-state index contributed by atoms with van der Waals surface area (Å²) in [6.45, 7) is 0.740. The Kier molecular flexibility index (Phi) is 2.74. The molecular weight excluding hydrogens is 250 g/mol. The molecule has 0 atom stereocenters. The monoisotopic (exact) mass is 263 g/mol. The van der Waals surface area contributed by atoms with E-state index in [9.17, 15) is 9.59 Å². The highest BCUT2D eigenvalue weighted by Crippen LogP contribution is 2.35. The summed E-state index contributed by atoms with van der Waals surface area (Å²) in [6, 6.07) is 1.91. The number of carbonyl (C=O) groups excluding carboxylic acids is 2. The normalized spacial score (nSPS) is 19.4. The lowest BCUT2D eigenvalue weighted by molar-refractivity contribution is -0.122. The molecule has 1 aromatic rings. The maximum atomic E-state index is 11.7. The Labute approximate surface area is 109 Å². The van der Waals surface area contributed by atoms with E-state index in [-0.39, 0.29) is 11.8 Å². The Bertz CT molecular complexity index is 532. The molecule has 1 saturated heterocycles. The van der Waals surface area contributed by atoms with Crippen molar-refractivity contribution in [3.05, 3.63) is 12.3 Å². The average molecular weight is 263 g/mol. The number of β-lactam (4-membered cyclic amide) rings is 1. The molecule has 5 nitrogen and oxygen atoms in total. The van der Waals surface area contributed by atoms with E-state index in [2.05, 4.69) is 4.98 Å². The first-order valence-corrected chi connectivity index (χ1v) is 6.85. The molecule has 0 unspecified atom stereocenters. The number of anilines is 2. The molecule has 2 aliphatic rings. The van der Waals surface area contributed by atoms with Crippen LogP contribution >= 0.6 is 11.8 Å². The lowest BCUT2D eigenvalue weighted by Gasteiger charge is -2.30. The van der Waals surface area contributed by atoms with E-state index in [0.717, 1.165) is 22.9 Å². The van der Waals surface area contributed by atoms with Gasteiger partial charge in [-0.15, -0.1) is 11.8 Å². The van der Waals surface area contributed by atoms with Crippen molar-refractivity contribution < 1.29 is 9.59 Å². The third kappa shape index (κ3) is 1.77. The molecule has 6 heteroatoms. The molecule has 3 rings (SSSR count). The van der Waals surface area contributed by atoms with Gasteiger partial charge in [-0.25, -0.2) is 4.98 Å². The van der Waals surface area contributed by atoms with Gasteiger partial charge in [0, 0.05) is 37.1 Å². The minimum absolute atomic E-state index is 0.107. The van der Waals surface area contributed by atoms with Crippen LogP contribution in [0.5, 0.6) is 0 Å². The lowest BCUT2D eigenvalue weighted by atomic mass is 10.2. The van der Waals surface area contributed by atoms with Gasteiger partial charge in [0.2, 0.25) is 11.8 Å². The summed E-state index contributed by atoms with van der Waals surface area (Å²) in [7, 11) is 1.77. The number of pyridine rings is 1. The number of hydrogen-bond acceptors (Lipinski definition) is 4. The van der Waals surface area contributed by atoms with Gasteiger partial charge < -0.3 is 4.90 Å². The SMILES string of the molecule is CN1C(=O)CCSc2cc(N3CCC3=O)ncc21. The Balaban J connectivity index is 1.97. The zero-order valence-corrected chi connectivity index (χ0v) is 10.9. The first-order chi connectivity index (χ1) is 8.66. The van der Waals surface area contributed by atoms with Gasteiger partial charge in [-0.2, -0.15) is 0 Å². The van der Waals surface area contributed by atoms with Crippen LogP contribution in [-0.2, 0) is 9.59 Å². The molecule has 2 aliphatic heterocycles. The van der Waals surface area contributed by atoms with E-state index in [1.165, 1.54) is 0 Å². The van der Waals surface area contributed by atoms with E-state index >= 15 is 0 Å². The molecule has 3 heterocycles. The van der Waals surface area contributed by atoms with Crippen LogP contribution in [0.25, 0.3) is 0 Å². The number of carbonyl (C=O) groups is 2. The van der Waals surface area contributed by atoms with Gasteiger partial charge in [0.05, 0.1) is 11.9 Å². The van der Waals surface area contributed by atoms with Crippen LogP contribution in [0.4, 0.5) is 11.5 Å². The maximum Gasteiger partial charge on any atom is 0.229 e. The smallest absolute Gasteiger partial charge is 0.229 e. The van der Waals surface area contributed by atoms with Gasteiger partial charge in [0.15, 0.2) is 0 Å². The van der Waals surface area contributed by atoms with Gasteiger partial charge in [-0.1, -0.05) is 0 Å². The van der Waals surface area contributed by atoms with E-state index in [0.29, 0.717) is 18.7 Å². The van der Waals surface area contributed by atoms with Crippen LogP contribution in [-0.4, -0.2) is 36.1 Å². The van der Waals surface area contributed by atoms with Crippen LogP contribution in [0.1, 0.15) is 12.8 Å². The molecule has 0 aromatic carbocycles. The first-order valence-electron chi connectivity index (χ1n) is 5.86. The Morgan fingerprint density at radius 3 is 2.78 bits per heavy atom. The molecule has 2 amide bonds. The number of thioether (sulfide) groups is 1. The van der Waals surface area contributed by atoms with E-state index < -0.39 is 0 Å². The molecule has 0 N–H and O–H groups in total. The third-order valence-corrected chi connectivity index (χ3v) is 4.31.